The maximum atomic E-state index is 12.5. The van der Waals surface area contributed by atoms with Crippen molar-refractivity contribution < 1.29 is 9.59 Å². The van der Waals surface area contributed by atoms with Gasteiger partial charge in [-0.05, 0) is 35.9 Å². The summed E-state index contributed by atoms with van der Waals surface area (Å²) in [5.74, 6) is -0.153. The van der Waals surface area contributed by atoms with Crippen LogP contribution in [0, 0.1) is 5.92 Å². The smallest absolute Gasteiger partial charge is 0.255 e. The molecule has 0 saturated heterocycles. The minimum Gasteiger partial charge on any atom is -0.378 e. The van der Waals surface area contributed by atoms with E-state index in [1.54, 1.807) is 6.07 Å². The van der Waals surface area contributed by atoms with Gasteiger partial charge in [0.25, 0.3) is 5.91 Å². The van der Waals surface area contributed by atoms with Gasteiger partial charge in [-0.3, -0.25) is 9.59 Å². The largest absolute Gasteiger partial charge is 0.378 e. The Kier molecular flexibility index (Phi) is 5.02. The van der Waals surface area contributed by atoms with Crippen LogP contribution in [0.1, 0.15) is 29.3 Å². The third-order valence-corrected chi connectivity index (χ3v) is 4.32. The van der Waals surface area contributed by atoms with Crippen molar-refractivity contribution in [3.63, 3.8) is 0 Å². The molecule has 2 aromatic rings. The number of rotatable bonds is 4. The van der Waals surface area contributed by atoms with Crippen molar-refractivity contribution in [1.29, 1.82) is 0 Å². The summed E-state index contributed by atoms with van der Waals surface area (Å²) in [6.07, 6.45) is 0.430. The Morgan fingerprint density at radius 2 is 1.92 bits per heavy atom. The van der Waals surface area contributed by atoms with Crippen molar-refractivity contribution in [3.8, 4) is 0 Å². The van der Waals surface area contributed by atoms with E-state index in [4.69, 9.17) is 0 Å². The molecule has 2 N–H and O–H groups in total. The van der Waals surface area contributed by atoms with Gasteiger partial charge in [-0.25, -0.2) is 5.43 Å². The fraction of sp³-hybridized carbons (Fsp3) is 0.250. The zero-order valence-corrected chi connectivity index (χ0v) is 15.1. The Balaban J connectivity index is 1.72. The van der Waals surface area contributed by atoms with Crippen LogP contribution in [-0.2, 0) is 4.79 Å². The fourth-order valence-corrected chi connectivity index (χ4v) is 2.86. The molecule has 0 aromatic heterocycles. The lowest BCUT2D eigenvalue weighted by Gasteiger charge is -2.19. The number of hydrogen-bond acceptors (Lipinski definition) is 4. The topological polar surface area (TPSA) is 73.8 Å². The van der Waals surface area contributed by atoms with Gasteiger partial charge in [0.1, 0.15) is 0 Å². The number of nitrogens with zero attached hydrogens (tertiary/aromatic N) is 2. The van der Waals surface area contributed by atoms with E-state index in [2.05, 4.69) is 15.8 Å². The van der Waals surface area contributed by atoms with Crippen LogP contribution in [0.5, 0.6) is 0 Å². The Morgan fingerprint density at radius 3 is 2.58 bits per heavy atom. The van der Waals surface area contributed by atoms with Gasteiger partial charge in [0.05, 0.1) is 5.71 Å². The van der Waals surface area contributed by atoms with Gasteiger partial charge in [0, 0.05) is 43.4 Å². The predicted octanol–water partition coefficient (Wildman–Crippen LogP) is 2.87. The lowest BCUT2D eigenvalue weighted by Crippen LogP contribution is -2.31. The minimum atomic E-state index is -0.155. The van der Waals surface area contributed by atoms with E-state index in [0.29, 0.717) is 17.7 Å². The molecule has 1 atom stereocenters. The lowest BCUT2D eigenvalue weighted by molar-refractivity contribution is -0.121. The SMILES string of the molecule is CC1CC(=O)NN=C1c1ccc(NC(=O)c2cccc(N(C)C)c2)cc1. The van der Waals surface area contributed by atoms with Gasteiger partial charge in [-0.2, -0.15) is 5.10 Å². The zero-order chi connectivity index (χ0) is 18.7. The van der Waals surface area contributed by atoms with Crippen molar-refractivity contribution in [2.75, 3.05) is 24.3 Å². The third kappa shape index (κ3) is 3.91. The first-order valence-corrected chi connectivity index (χ1v) is 8.49. The van der Waals surface area contributed by atoms with Crippen molar-refractivity contribution in [2.45, 2.75) is 13.3 Å². The molecular formula is C20H22N4O2. The van der Waals surface area contributed by atoms with E-state index < -0.39 is 0 Å². The molecule has 2 amide bonds. The van der Waals surface area contributed by atoms with E-state index in [0.717, 1.165) is 17.0 Å². The average Bonchev–Trinajstić information content (AvgIpc) is 2.63. The standard InChI is InChI=1S/C20H22N4O2/c1-13-11-18(25)22-23-19(13)14-7-9-16(10-8-14)21-20(26)15-5-4-6-17(12-15)24(2)3/h4-10,12-13H,11H2,1-3H3,(H,21,26)(H,22,25). The summed E-state index contributed by atoms with van der Waals surface area (Å²) in [5.41, 5.74) is 6.59. The fourth-order valence-electron chi connectivity index (χ4n) is 2.86. The molecule has 0 radical (unpaired) electrons. The van der Waals surface area contributed by atoms with Crippen LogP contribution in [-0.4, -0.2) is 31.6 Å². The van der Waals surface area contributed by atoms with Crippen molar-refractivity contribution in [3.05, 3.63) is 59.7 Å². The second kappa shape index (κ2) is 7.39. The number of carbonyl (C=O) groups excluding carboxylic acids is 2. The number of benzene rings is 2. The highest BCUT2D eigenvalue weighted by Gasteiger charge is 2.21. The molecule has 1 aliphatic heterocycles. The number of carbonyl (C=O) groups is 2. The summed E-state index contributed by atoms with van der Waals surface area (Å²) in [5, 5.41) is 7.06. The van der Waals surface area contributed by atoms with Gasteiger partial charge < -0.3 is 10.2 Å². The molecule has 6 heteroatoms. The maximum Gasteiger partial charge on any atom is 0.255 e. The average molecular weight is 350 g/mol. The molecule has 0 spiro atoms. The third-order valence-electron chi connectivity index (χ3n) is 4.32. The summed E-state index contributed by atoms with van der Waals surface area (Å²) >= 11 is 0. The molecule has 26 heavy (non-hydrogen) atoms. The van der Waals surface area contributed by atoms with E-state index in [1.165, 1.54) is 0 Å². The molecule has 0 fully saturated rings. The Labute approximate surface area is 152 Å². The first-order chi connectivity index (χ1) is 12.4. The van der Waals surface area contributed by atoms with Gasteiger partial charge in [-0.15, -0.1) is 0 Å². The van der Waals surface area contributed by atoms with Crippen LogP contribution >= 0.6 is 0 Å². The van der Waals surface area contributed by atoms with Crippen LogP contribution < -0.4 is 15.6 Å². The lowest BCUT2D eigenvalue weighted by atomic mass is 9.94. The van der Waals surface area contributed by atoms with E-state index in [-0.39, 0.29) is 17.7 Å². The molecule has 0 aliphatic carbocycles. The Bertz CT molecular complexity index is 856. The first kappa shape index (κ1) is 17.7. The van der Waals surface area contributed by atoms with Gasteiger partial charge in [-0.1, -0.05) is 25.1 Å². The van der Waals surface area contributed by atoms with E-state index in [9.17, 15) is 9.59 Å². The first-order valence-electron chi connectivity index (χ1n) is 8.49. The highest BCUT2D eigenvalue weighted by molar-refractivity contribution is 6.07. The molecule has 134 valence electrons. The molecule has 0 bridgehead atoms. The predicted molar refractivity (Wildman–Crippen MR) is 104 cm³/mol. The van der Waals surface area contributed by atoms with Crippen LogP contribution in [0.15, 0.2) is 53.6 Å². The minimum absolute atomic E-state index is 0.0647. The van der Waals surface area contributed by atoms with Gasteiger partial charge in [0.2, 0.25) is 5.91 Å². The number of nitrogens with one attached hydrogen (secondary N) is 2. The van der Waals surface area contributed by atoms with Crippen molar-refractivity contribution >= 4 is 28.9 Å². The van der Waals surface area contributed by atoms with Crippen LogP contribution in [0.4, 0.5) is 11.4 Å². The Morgan fingerprint density at radius 1 is 1.19 bits per heavy atom. The number of hydrogen-bond donors (Lipinski definition) is 2. The van der Waals surface area contributed by atoms with Crippen LogP contribution in [0.3, 0.4) is 0 Å². The molecule has 1 aliphatic rings. The molecule has 1 heterocycles. The highest BCUT2D eigenvalue weighted by atomic mass is 16.2. The second-order valence-corrected chi connectivity index (χ2v) is 6.61. The summed E-state index contributed by atoms with van der Waals surface area (Å²) < 4.78 is 0. The molecular weight excluding hydrogens is 328 g/mol. The zero-order valence-electron chi connectivity index (χ0n) is 15.1. The molecule has 3 rings (SSSR count). The monoisotopic (exact) mass is 350 g/mol. The van der Waals surface area contributed by atoms with Crippen LogP contribution in [0.25, 0.3) is 0 Å². The molecule has 1 unspecified atom stereocenters. The van der Waals surface area contributed by atoms with Gasteiger partial charge >= 0.3 is 0 Å². The van der Waals surface area contributed by atoms with Crippen LogP contribution in [0.2, 0.25) is 0 Å². The number of hydrazone groups is 1. The highest BCUT2D eigenvalue weighted by Crippen LogP contribution is 2.19. The summed E-state index contributed by atoms with van der Waals surface area (Å²) in [6, 6.07) is 14.9. The number of amides is 2. The second-order valence-electron chi connectivity index (χ2n) is 6.61. The summed E-state index contributed by atoms with van der Waals surface area (Å²) in [4.78, 5) is 25.8. The summed E-state index contributed by atoms with van der Waals surface area (Å²) in [7, 11) is 3.88. The molecule has 0 saturated carbocycles. The van der Waals surface area contributed by atoms with Crippen molar-refractivity contribution in [1.82, 2.24) is 5.43 Å². The molecule has 6 nitrogen and oxygen atoms in total. The van der Waals surface area contributed by atoms with Crippen molar-refractivity contribution in [2.24, 2.45) is 11.0 Å². The normalized spacial score (nSPS) is 16.5. The van der Waals surface area contributed by atoms with Gasteiger partial charge in [0.15, 0.2) is 0 Å². The van der Waals surface area contributed by atoms with E-state index in [1.807, 2.05) is 68.4 Å². The summed E-state index contributed by atoms with van der Waals surface area (Å²) in [6.45, 7) is 1.98. The quantitative estimate of drug-likeness (QED) is 0.890. The maximum absolute atomic E-state index is 12.5. The van der Waals surface area contributed by atoms with E-state index >= 15 is 0 Å². The number of anilines is 2. The molecule has 2 aromatic carbocycles. The Hall–Kier alpha value is -3.15.